The molecule has 3 aromatic rings. The van der Waals surface area contributed by atoms with Gasteiger partial charge in [0.25, 0.3) is 0 Å². The van der Waals surface area contributed by atoms with Gasteiger partial charge in [-0.3, -0.25) is 0 Å². The van der Waals surface area contributed by atoms with Gasteiger partial charge in [-0.1, -0.05) is 0 Å². The van der Waals surface area contributed by atoms with E-state index in [1.165, 1.54) is 0 Å². The first-order valence-corrected chi connectivity index (χ1v) is 5.80. The summed E-state index contributed by atoms with van der Waals surface area (Å²) in [7, 11) is 0. The highest BCUT2D eigenvalue weighted by molar-refractivity contribution is 5.81. The van der Waals surface area contributed by atoms with Crippen LogP contribution in [-0.2, 0) is 6.54 Å². The fourth-order valence-corrected chi connectivity index (χ4v) is 2.15. The maximum atomic E-state index is 8.87. The largest absolute Gasteiger partial charge is 0.464 e. The number of fused-ring (bicyclic) bond motifs is 1. The lowest BCUT2D eigenvalue weighted by Gasteiger charge is -2.02. The molecule has 88 valence electrons. The second kappa shape index (κ2) is 4.08. The van der Waals surface area contributed by atoms with Crippen LogP contribution < -0.4 is 0 Å². The second-order valence-corrected chi connectivity index (χ2v) is 4.34. The molecule has 2 aromatic heterocycles. The van der Waals surface area contributed by atoms with Crippen molar-refractivity contribution in [2.24, 2.45) is 0 Å². The molecule has 3 nitrogen and oxygen atoms in total. The number of nitrogens with zero attached hydrogens (tertiary/aromatic N) is 2. The minimum Gasteiger partial charge on any atom is -0.464 e. The summed E-state index contributed by atoms with van der Waals surface area (Å²) >= 11 is 0. The Hall–Kier alpha value is -2.47. The first-order chi connectivity index (χ1) is 8.76. The summed E-state index contributed by atoms with van der Waals surface area (Å²) in [6, 6.07) is 13.8. The van der Waals surface area contributed by atoms with Gasteiger partial charge >= 0.3 is 0 Å². The van der Waals surface area contributed by atoms with E-state index in [2.05, 4.69) is 10.6 Å². The molecule has 18 heavy (non-hydrogen) atoms. The van der Waals surface area contributed by atoms with Crippen LogP contribution in [0.2, 0.25) is 0 Å². The van der Waals surface area contributed by atoms with Gasteiger partial charge in [-0.05, 0) is 43.3 Å². The number of furan rings is 1. The predicted molar refractivity (Wildman–Crippen MR) is 69.2 cm³/mol. The molecule has 0 radical (unpaired) electrons. The molecule has 0 fully saturated rings. The molecule has 0 N–H and O–H groups in total. The lowest BCUT2D eigenvalue weighted by Crippen LogP contribution is -1.96. The summed E-state index contributed by atoms with van der Waals surface area (Å²) < 4.78 is 7.70. The summed E-state index contributed by atoms with van der Waals surface area (Å²) in [6.45, 7) is 2.65. The van der Waals surface area contributed by atoms with Crippen molar-refractivity contribution >= 4 is 10.9 Å². The van der Waals surface area contributed by atoms with Crippen LogP contribution in [0, 0.1) is 18.3 Å². The van der Waals surface area contributed by atoms with Crippen molar-refractivity contribution in [3.05, 3.63) is 59.7 Å². The van der Waals surface area contributed by atoms with Gasteiger partial charge in [-0.15, -0.1) is 0 Å². The van der Waals surface area contributed by atoms with Crippen molar-refractivity contribution < 1.29 is 4.42 Å². The van der Waals surface area contributed by atoms with Crippen LogP contribution in [-0.4, -0.2) is 4.57 Å². The minimum absolute atomic E-state index is 0.689. The summed E-state index contributed by atoms with van der Waals surface area (Å²) in [4.78, 5) is 0. The summed E-state index contributed by atoms with van der Waals surface area (Å²) in [5, 5.41) is 9.95. The SMILES string of the molecule is Cc1ccc(Cn2ccc3cc(C#N)ccc32)o1. The first-order valence-electron chi connectivity index (χ1n) is 5.80. The molecule has 0 saturated heterocycles. The Bertz CT molecular complexity index is 743. The normalized spacial score (nSPS) is 10.7. The molecular formula is C15H12N2O. The number of hydrogen-bond acceptors (Lipinski definition) is 2. The van der Waals surface area contributed by atoms with E-state index in [4.69, 9.17) is 9.68 Å². The molecule has 0 bridgehead atoms. The quantitative estimate of drug-likeness (QED) is 0.683. The molecule has 2 heterocycles. The number of aryl methyl sites for hydroxylation is 1. The van der Waals surface area contributed by atoms with Crippen molar-refractivity contribution in [2.45, 2.75) is 13.5 Å². The van der Waals surface area contributed by atoms with Gasteiger partial charge in [0.1, 0.15) is 11.5 Å². The van der Waals surface area contributed by atoms with E-state index in [0.717, 1.165) is 22.4 Å². The van der Waals surface area contributed by atoms with E-state index in [9.17, 15) is 0 Å². The van der Waals surface area contributed by atoms with Crippen molar-refractivity contribution in [2.75, 3.05) is 0 Å². The third kappa shape index (κ3) is 1.78. The van der Waals surface area contributed by atoms with Crippen LogP contribution in [0.15, 0.2) is 47.0 Å². The number of hydrogen-bond donors (Lipinski definition) is 0. The average Bonchev–Trinajstić information content (AvgIpc) is 2.96. The predicted octanol–water partition coefficient (Wildman–Crippen LogP) is 3.46. The van der Waals surface area contributed by atoms with Gasteiger partial charge in [0.05, 0.1) is 18.2 Å². The highest BCUT2D eigenvalue weighted by Gasteiger charge is 2.05. The topological polar surface area (TPSA) is 41.9 Å². The molecule has 0 atom stereocenters. The van der Waals surface area contributed by atoms with Gasteiger partial charge in [-0.2, -0.15) is 5.26 Å². The Labute approximate surface area is 105 Å². The van der Waals surface area contributed by atoms with E-state index >= 15 is 0 Å². The molecule has 0 saturated carbocycles. The van der Waals surface area contributed by atoms with Gasteiger partial charge in [0.2, 0.25) is 0 Å². The molecule has 0 aliphatic heterocycles. The summed E-state index contributed by atoms with van der Waals surface area (Å²) in [5.41, 5.74) is 1.80. The summed E-state index contributed by atoms with van der Waals surface area (Å²) in [5.74, 6) is 1.86. The highest BCUT2D eigenvalue weighted by Crippen LogP contribution is 2.19. The third-order valence-corrected chi connectivity index (χ3v) is 3.02. The molecule has 1 aromatic carbocycles. The average molecular weight is 236 g/mol. The Kier molecular flexibility index (Phi) is 2.42. The van der Waals surface area contributed by atoms with Gasteiger partial charge in [0.15, 0.2) is 0 Å². The van der Waals surface area contributed by atoms with Crippen molar-refractivity contribution in [1.29, 1.82) is 5.26 Å². The lowest BCUT2D eigenvalue weighted by molar-refractivity contribution is 0.473. The maximum absolute atomic E-state index is 8.87. The molecule has 0 aliphatic rings. The zero-order valence-corrected chi connectivity index (χ0v) is 10.1. The van der Waals surface area contributed by atoms with E-state index < -0.39 is 0 Å². The Morgan fingerprint density at radius 1 is 1.22 bits per heavy atom. The molecule has 0 amide bonds. The molecule has 3 rings (SSSR count). The van der Waals surface area contributed by atoms with Gasteiger partial charge in [-0.25, -0.2) is 0 Å². The Morgan fingerprint density at radius 2 is 2.11 bits per heavy atom. The Morgan fingerprint density at radius 3 is 2.83 bits per heavy atom. The minimum atomic E-state index is 0.689. The standard InChI is InChI=1S/C15H12N2O/c1-11-2-4-14(18-11)10-17-7-6-13-8-12(9-16)3-5-15(13)17/h2-8H,10H2,1H3. The van der Waals surface area contributed by atoms with Crippen LogP contribution >= 0.6 is 0 Å². The fourth-order valence-electron chi connectivity index (χ4n) is 2.15. The molecular weight excluding hydrogens is 224 g/mol. The highest BCUT2D eigenvalue weighted by atomic mass is 16.3. The number of nitriles is 1. The van der Waals surface area contributed by atoms with Crippen molar-refractivity contribution in [1.82, 2.24) is 4.57 Å². The number of rotatable bonds is 2. The second-order valence-electron chi connectivity index (χ2n) is 4.34. The molecule has 0 unspecified atom stereocenters. The van der Waals surface area contributed by atoms with E-state index in [0.29, 0.717) is 12.1 Å². The first kappa shape index (κ1) is 10.7. The number of benzene rings is 1. The number of aromatic nitrogens is 1. The van der Waals surface area contributed by atoms with Crippen LogP contribution in [0.5, 0.6) is 0 Å². The lowest BCUT2D eigenvalue weighted by atomic mass is 10.2. The van der Waals surface area contributed by atoms with Crippen LogP contribution in [0.25, 0.3) is 10.9 Å². The van der Waals surface area contributed by atoms with Crippen molar-refractivity contribution in [3.8, 4) is 6.07 Å². The molecule has 0 spiro atoms. The van der Waals surface area contributed by atoms with E-state index in [-0.39, 0.29) is 0 Å². The third-order valence-electron chi connectivity index (χ3n) is 3.02. The molecule has 3 heteroatoms. The van der Waals surface area contributed by atoms with Crippen LogP contribution in [0.4, 0.5) is 0 Å². The van der Waals surface area contributed by atoms with E-state index in [1.807, 2.05) is 49.5 Å². The maximum Gasteiger partial charge on any atom is 0.123 e. The Balaban J connectivity index is 2.00. The zero-order chi connectivity index (χ0) is 12.5. The summed E-state index contributed by atoms with van der Waals surface area (Å²) in [6.07, 6.45) is 2.02. The van der Waals surface area contributed by atoms with Crippen molar-refractivity contribution in [3.63, 3.8) is 0 Å². The zero-order valence-electron chi connectivity index (χ0n) is 10.1. The fraction of sp³-hybridized carbons (Fsp3) is 0.133. The van der Waals surface area contributed by atoms with Gasteiger partial charge < -0.3 is 8.98 Å². The van der Waals surface area contributed by atoms with Crippen LogP contribution in [0.1, 0.15) is 17.1 Å². The van der Waals surface area contributed by atoms with E-state index in [1.54, 1.807) is 0 Å². The van der Waals surface area contributed by atoms with Gasteiger partial charge in [0, 0.05) is 17.1 Å². The van der Waals surface area contributed by atoms with Crippen LogP contribution in [0.3, 0.4) is 0 Å². The smallest absolute Gasteiger partial charge is 0.123 e. The molecule has 0 aliphatic carbocycles. The monoisotopic (exact) mass is 236 g/mol.